The number of aromatic nitrogens is 1. The number of fused-ring (bicyclic) bond motifs is 1. The number of rotatable bonds is 8. The summed E-state index contributed by atoms with van der Waals surface area (Å²) >= 11 is 0. The van der Waals surface area contributed by atoms with Crippen LogP contribution in [0.4, 0.5) is 0 Å². The third kappa shape index (κ3) is 4.21. The molecule has 6 nitrogen and oxygen atoms in total. The van der Waals surface area contributed by atoms with E-state index >= 15 is 0 Å². The maximum absolute atomic E-state index is 13.5. The van der Waals surface area contributed by atoms with Gasteiger partial charge in [-0.1, -0.05) is 48.5 Å². The first-order valence-corrected chi connectivity index (χ1v) is 9.57. The van der Waals surface area contributed by atoms with Gasteiger partial charge in [-0.05, 0) is 25.5 Å². The topological polar surface area (TPSA) is 85.5 Å². The Kier molecular flexibility index (Phi) is 6.44. The zero-order chi connectivity index (χ0) is 20.8. The van der Waals surface area contributed by atoms with Gasteiger partial charge in [-0.2, -0.15) is 0 Å². The number of hydrogen-bond donors (Lipinski definition) is 1. The number of hydrogen-bond acceptors (Lipinski definition) is 5. The molecule has 150 valence electrons. The summed E-state index contributed by atoms with van der Waals surface area (Å²) in [5.41, 5.74) is 1.77. The van der Waals surface area contributed by atoms with Crippen LogP contribution in [0.15, 0.2) is 60.8 Å². The van der Waals surface area contributed by atoms with E-state index < -0.39 is 23.8 Å². The second-order valence-electron chi connectivity index (χ2n) is 6.48. The summed E-state index contributed by atoms with van der Waals surface area (Å²) in [6.07, 6.45) is 1.67. The Morgan fingerprint density at radius 2 is 1.45 bits per heavy atom. The highest BCUT2D eigenvalue weighted by atomic mass is 16.6. The Balaban J connectivity index is 2.18. The Bertz CT molecular complexity index is 990. The first kappa shape index (κ1) is 20.3. The first-order valence-electron chi connectivity index (χ1n) is 9.57. The van der Waals surface area contributed by atoms with Crippen molar-refractivity contribution in [3.05, 3.63) is 71.9 Å². The highest BCUT2D eigenvalue weighted by molar-refractivity contribution is 6.10. The van der Waals surface area contributed by atoms with Crippen LogP contribution in [0.3, 0.4) is 0 Å². The largest absolute Gasteiger partial charge is 0.465 e. The molecular weight excluding hydrogens is 370 g/mol. The molecule has 1 aromatic heterocycles. The van der Waals surface area contributed by atoms with Crippen LogP contribution in [0.1, 0.15) is 35.7 Å². The number of H-pyrrole nitrogens is 1. The highest BCUT2D eigenvalue weighted by Crippen LogP contribution is 2.35. The summed E-state index contributed by atoms with van der Waals surface area (Å²) in [6, 6.07) is 16.0. The molecule has 3 aromatic rings. The number of Topliss-reactive ketones (excluding diaryl/α,β-unsaturated/α-hetero) is 1. The summed E-state index contributed by atoms with van der Waals surface area (Å²) in [5, 5.41) is 0.764. The van der Waals surface area contributed by atoms with Gasteiger partial charge < -0.3 is 14.5 Å². The fourth-order valence-corrected chi connectivity index (χ4v) is 3.44. The maximum Gasteiger partial charge on any atom is 0.321 e. The maximum atomic E-state index is 13.5. The molecule has 6 heteroatoms. The van der Waals surface area contributed by atoms with Crippen molar-refractivity contribution < 1.29 is 23.9 Å². The molecule has 0 saturated carbocycles. The number of ketones is 1. The SMILES string of the molecule is CCOC(=O)C(C(=O)OCC)[C@@H](C(=O)c1ccccc1)c1c[nH]c2ccccc12. The van der Waals surface area contributed by atoms with Gasteiger partial charge in [0.25, 0.3) is 0 Å². The van der Waals surface area contributed by atoms with Gasteiger partial charge in [-0.15, -0.1) is 0 Å². The molecule has 0 unspecified atom stereocenters. The van der Waals surface area contributed by atoms with Crippen LogP contribution in [0.5, 0.6) is 0 Å². The van der Waals surface area contributed by atoms with Gasteiger partial charge >= 0.3 is 11.9 Å². The average Bonchev–Trinajstić information content (AvgIpc) is 3.16. The predicted molar refractivity (Wildman–Crippen MR) is 109 cm³/mol. The second kappa shape index (κ2) is 9.19. The number of para-hydroxylation sites is 1. The molecule has 0 amide bonds. The van der Waals surface area contributed by atoms with Crippen LogP contribution in [-0.2, 0) is 19.1 Å². The quantitative estimate of drug-likeness (QED) is 0.357. The lowest BCUT2D eigenvalue weighted by molar-refractivity contribution is -0.162. The fraction of sp³-hybridized carbons (Fsp3) is 0.261. The van der Waals surface area contributed by atoms with Crippen LogP contribution in [0.2, 0.25) is 0 Å². The Morgan fingerprint density at radius 3 is 2.07 bits per heavy atom. The van der Waals surface area contributed by atoms with Crippen LogP contribution in [-0.4, -0.2) is 35.9 Å². The van der Waals surface area contributed by atoms with Gasteiger partial charge in [0, 0.05) is 22.7 Å². The molecule has 29 heavy (non-hydrogen) atoms. The predicted octanol–water partition coefficient (Wildman–Crippen LogP) is 3.88. The van der Waals surface area contributed by atoms with E-state index in [0.29, 0.717) is 11.1 Å². The van der Waals surface area contributed by atoms with Crippen molar-refractivity contribution in [2.24, 2.45) is 5.92 Å². The van der Waals surface area contributed by atoms with Gasteiger partial charge in [0.1, 0.15) is 0 Å². The van der Waals surface area contributed by atoms with Gasteiger partial charge in [0.2, 0.25) is 0 Å². The number of carbonyl (C=O) groups is 3. The number of esters is 2. The summed E-state index contributed by atoms with van der Waals surface area (Å²) < 4.78 is 10.3. The molecule has 0 spiro atoms. The van der Waals surface area contributed by atoms with Gasteiger partial charge in [0.15, 0.2) is 11.7 Å². The molecule has 0 bridgehead atoms. The summed E-state index contributed by atoms with van der Waals surface area (Å²) in [5.74, 6) is -4.37. The lowest BCUT2D eigenvalue weighted by Crippen LogP contribution is -2.37. The minimum absolute atomic E-state index is 0.0921. The molecule has 0 saturated heterocycles. The number of nitrogens with one attached hydrogen (secondary N) is 1. The Hall–Kier alpha value is -3.41. The molecule has 1 N–H and O–H groups in total. The normalized spacial score (nSPS) is 12.0. The van der Waals surface area contributed by atoms with Crippen LogP contribution < -0.4 is 0 Å². The molecule has 0 aliphatic rings. The molecule has 1 atom stereocenters. The first-order chi connectivity index (χ1) is 14.1. The van der Waals surface area contributed by atoms with Crippen LogP contribution in [0, 0.1) is 5.92 Å². The van der Waals surface area contributed by atoms with E-state index in [0.717, 1.165) is 10.9 Å². The molecule has 0 aliphatic heterocycles. The zero-order valence-electron chi connectivity index (χ0n) is 16.4. The second-order valence-corrected chi connectivity index (χ2v) is 6.48. The average molecular weight is 393 g/mol. The third-order valence-electron chi connectivity index (χ3n) is 4.71. The molecule has 1 heterocycles. The van der Waals surface area contributed by atoms with Gasteiger partial charge in [-0.3, -0.25) is 14.4 Å². The smallest absolute Gasteiger partial charge is 0.321 e. The van der Waals surface area contributed by atoms with E-state index in [-0.39, 0.29) is 19.0 Å². The molecule has 2 aromatic carbocycles. The fourth-order valence-electron chi connectivity index (χ4n) is 3.44. The van der Waals surface area contributed by atoms with Crippen LogP contribution >= 0.6 is 0 Å². The zero-order valence-corrected chi connectivity index (χ0v) is 16.4. The van der Waals surface area contributed by atoms with Crippen LogP contribution in [0.25, 0.3) is 10.9 Å². The van der Waals surface area contributed by atoms with Crippen molar-refractivity contribution in [1.29, 1.82) is 0 Å². The summed E-state index contributed by atoms with van der Waals surface area (Å²) in [4.78, 5) is 42.2. The van der Waals surface area contributed by atoms with E-state index in [2.05, 4.69) is 4.98 Å². The van der Waals surface area contributed by atoms with Crippen molar-refractivity contribution >= 4 is 28.6 Å². The minimum Gasteiger partial charge on any atom is -0.465 e. The highest BCUT2D eigenvalue weighted by Gasteiger charge is 2.43. The van der Waals surface area contributed by atoms with Gasteiger partial charge in [0.05, 0.1) is 19.1 Å². The van der Waals surface area contributed by atoms with Crippen molar-refractivity contribution in [3.8, 4) is 0 Å². The van der Waals surface area contributed by atoms with E-state index in [1.54, 1.807) is 50.4 Å². The van der Waals surface area contributed by atoms with Crippen molar-refractivity contribution in [1.82, 2.24) is 4.98 Å². The standard InChI is InChI=1S/C23H23NO5/c1-3-28-22(26)20(23(27)29-4-2)19(21(25)15-10-6-5-7-11-15)17-14-24-18-13-9-8-12-16(17)18/h5-14,19-20,24H,3-4H2,1-2H3/t19-/m0/s1. The summed E-state index contributed by atoms with van der Waals surface area (Å²) in [7, 11) is 0. The van der Waals surface area contributed by atoms with E-state index in [4.69, 9.17) is 9.47 Å². The minimum atomic E-state index is -1.40. The molecule has 0 radical (unpaired) electrons. The number of carbonyl (C=O) groups excluding carboxylic acids is 3. The molecule has 0 aliphatic carbocycles. The third-order valence-corrected chi connectivity index (χ3v) is 4.71. The van der Waals surface area contributed by atoms with E-state index in [1.807, 2.05) is 24.3 Å². The monoisotopic (exact) mass is 393 g/mol. The number of aromatic amines is 1. The Labute approximate surface area is 168 Å². The number of benzene rings is 2. The molecular formula is C23H23NO5. The number of ether oxygens (including phenoxy) is 2. The molecule has 3 rings (SSSR count). The lowest BCUT2D eigenvalue weighted by Gasteiger charge is -2.23. The lowest BCUT2D eigenvalue weighted by atomic mass is 9.80. The van der Waals surface area contributed by atoms with Gasteiger partial charge in [-0.25, -0.2) is 0 Å². The molecule has 0 fully saturated rings. The summed E-state index contributed by atoms with van der Waals surface area (Å²) in [6.45, 7) is 3.49. The Morgan fingerprint density at radius 1 is 0.862 bits per heavy atom. The van der Waals surface area contributed by atoms with E-state index in [1.165, 1.54) is 0 Å². The van der Waals surface area contributed by atoms with Crippen molar-refractivity contribution in [2.45, 2.75) is 19.8 Å². The van der Waals surface area contributed by atoms with Crippen molar-refractivity contribution in [3.63, 3.8) is 0 Å². The van der Waals surface area contributed by atoms with E-state index in [9.17, 15) is 14.4 Å². The van der Waals surface area contributed by atoms with Crippen molar-refractivity contribution in [2.75, 3.05) is 13.2 Å².